The summed E-state index contributed by atoms with van der Waals surface area (Å²) < 4.78 is 27.0. The number of carbonyl (C=O) groups excluding carboxylic acids is 1. The Morgan fingerprint density at radius 1 is 1.23 bits per heavy atom. The Balaban J connectivity index is 1.63. The zero-order valence-electron chi connectivity index (χ0n) is 14.8. The number of hydrogen-bond donors (Lipinski definition) is 1. The van der Waals surface area contributed by atoms with Crippen molar-refractivity contribution in [3.05, 3.63) is 53.9 Å². The number of nitrogens with zero attached hydrogens (tertiary/aromatic N) is 3. The first-order valence-electron chi connectivity index (χ1n) is 8.75. The van der Waals surface area contributed by atoms with E-state index in [-0.39, 0.29) is 17.7 Å². The van der Waals surface area contributed by atoms with Gasteiger partial charge in [0.05, 0.1) is 5.75 Å². The molecule has 2 heterocycles. The van der Waals surface area contributed by atoms with E-state index in [0.29, 0.717) is 25.2 Å². The van der Waals surface area contributed by atoms with Crippen molar-refractivity contribution < 1.29 is 13.2 Å². The maximum atomic E-state index is 12.7. The van der Waals surface area contributed by atoms with Crippen molar-refractivity contribution in [2.45, 2.75) is 31.1 Å². The van der Waals surface area contributed by atoms with E-state index in [0.717, 1.165) is 18.4 Å². The molecule has 1 saturated heterocycles. The summed E-state index contributed by atoms with van der Waals surface area (Å²) in [5.41, 5.74) is 1.25. The van der Waals surface area contributed by atoms with Crippen LogP contribution in [-0.4, -0.2) is 59.9 Å². The molecule has 7 nitrogen and oxygen atoms in total. The minimum absolute atomic E-state index is 0.00235. The Morgan fingerprint density at radius 3 is 2.69 bits per heavy atom. The molecule has 1 aromatic carbocycles. The molecular formula is C18H24N4O3S. The molecule has 1 aliphatic heterocycles. The van der Waals surface area contributed by atoms with Crippen molar-refractivity contribution >= 4 is 15.9 Å². The highest BCUT2D eigenvalue weighted by molar-refractivity contribution is 7.88. The van der Waals surface area contributed by atoms with Crippen molar-refractivity contribution in [2.24, 2.45) is 0 Å². The molecule has 1 unspecified atom stereocenters. The fourth-order valence-electron chi connectivity index (χ4n) is 3.30. The summed E-state index contributed by atoms with van der Waals surface area (Å²) in [6.07, 6.45) is 3.70. The summed E-state index contributed by atoms with van der Waals surface area (Å²) in [5.74, 6) is -0.0876. The number of carbonyl (C=O) groups is 1. The monoisotopic (exact) mass is 376 g/mol. The summed E-state index contributed by atoms with van der Waals surface area (Å²) >= 11 is 0. The Labute approximate surface area is 154 Å². The largest absolute Gasteiger partial charge is 0.337 e. The Kier molecular flexibility index (Phi) is 5.73. The molecule has 140 valence electrons. The van der Waals surface area contributed by atoms with Crippen LogP contribution in [0.4, 0.5) is 0 Å². The summed E-state index contributed by atoms with van der Waals surface area (Å²) in [5, 5.41) is 6.51. The van der Waals surface area contributed by atoms with E-state index < -0.39 is 10.0 Å². The van der Waals surface area contributed by atoms with Gasteiger partial charge in [0, 0.05) is 32.4 Å². The van der Waals surface area contributed by atoms with Gasteiger partial charge in [-0.15, -0.1) is 0 Å². The molecule has 0 bridgehead atoms. The fraction of sp³-hybridized carbons (Fsp3) is 0.444. The van der Waals surface area contributed by atoms with E-state index >= 15 is 0 Å². The first kappa shape index (κ1) is 18.6. The minimum Gasteiger partial charge on any atom is -0.337 e. The maximum absolute atomic E-state index is 12.7. The molecule has 1 amide bonds. The highest BCUT2D eigenvalue weighted by atomic mass is 32.2. The lowest BCUT2D eigenvalue weighted by Crippen LogP contribution is -2.39. The molecule has 1 aliphatic rings. The lowest BCUT2D eigenvalue weighted by atomic mass is 10.1. The fourth-order valence-corrected chi connectivity index (χ4v) is 4.79. The van der Waals surface area contributed by atoms with Crippen LogP contribution in [0.3, 0.4) is 0 Å². The van der Waals surface area contributed by atoms with Gasteiger partial charge in [-0.05, 0) is 30.9 Å². The number of benzene rings is 1. The SMILES string of the molecule is CN(C1CCCN(C(=O)c2ccn[nH]2)CC1)S(=O)(=O)Cc1ccccc1. The number of aromatic amines is 1. The number of nitrogens with one attached hydrogen (secondary N) is 1. The van der Waals surface area contributed by atoms with Crippen LogP contribution in [0, 0.1) is 0 Å². The van der Waals surface area contributed by atoms with E-state index in [1.165, 1.54) is 4.31 Å². The van der Waals surface area contributed by atoms with Gasteiger partial charge in [-0.1, -0.05) is 30.3 Å². The molecule has 0 spiro atoms. The molecule has 0 aliphatic carbocycles. The number of H-pyrrole nitrogens is 1. The summed E-state index contributed by atoms with van der Waals surface area (Å²) in [7, 11) is -1.75. The molecule has 0 saturated carbocycles. The Bertz CT molecular complexity index is 821. The highest BCUT2D eigenvalue weighted by Gasteiger charge is 2.30. The number of sulfonamides is 1. The number of rotatable bonds is 5. The van der Waals surface area contributed by atoms with Gasteiger partial charge < -0.3 is 4.90 Å². The number of amides is 1. The second-order valence-electron chi connectivity index (χ2n) is 6.61. The standard InChI is InChI=1S/C18H24N4O3S/c1-21(26(24,25)14-15-6-3-2-4-7-15)16-8-5-12-22(13-10-16)18(23)17-9-11-19-20-17/h2-4,6-7,9,11,16H,5,8,10,12-14H2,1H3,(H,19,20). The van der Waals surface area contributed by atoms with Crippen LogP contribution < -0.4 is 0 Å². The Morgan fingerprint density at radius 2 is 2.00 bits per heavy atom. The molecule has 1 fully saturated rings. The van der Waals surface area contributed by atoms with E-state index in [2.05, 4.69) is 10.2 Å². The third-order valence-electron chi connectivity index (χ3n) is 4.86. The Hall–Kier alpha value is -2.19. The predicted octanol–water partition coefficient (Wildman–Crippen LogP) is 1.87. The van der Waals surface area contributed by atoms with Crippen LogP contribution in [0.1, 0.15) is 35.3 Å². The third kappa shape index (κ3) is 4.31. The summed E-state index contributed by atoms with van der Waals surface area (Å²) in [6, 6.07) is 10.8. The van der Waals surface area contributed by atoms with Crippen molar-refractivity contribution in [3.63, 3.8) is 0 Å². The second kappa shape index (κ2) is 8.01. The van der Waals surface area contributed by atoms with Crippen molar-refractivity contribution in [1.29, 1.82) is 0 Å². The lowest BCUT2D eigenvalue weighted by molar-refractivity contribution is 0.0754. The molecule has 26 heavy (non-hydrogen) atoms. The average molecular weight is 376 g/mol. The van der Waals surface area contributed by atoms with E-state index in [1.807, 2.05) is 30.3 Å². The first-order valence-corrected chi connectivity index (χ1v) is 10.4. The van der Waals surface area contributed by atoms with Crippen molar-refractivity contribution in [3.8, 4) is 0 Å². The minimum atomic E-state index is -3.40. The lowest BCUT2D eigenvalue weighted by Gasteiger charge is -2.26. The molecule has 2 aromatic rings. The number of likely N-dealkylation sites (tertiary alicyclic amines) is 1. The maximum Gasteiger partial charge on any atom is 0.271 e. The molecule has 1 atom stereocenters. The van der Waals surface area contributed by atoms with Crippen LogP contribution in [0.5, 0.6) is 0 Å². The summed E-state index contributed by atoms with van der Waals surface area (Å²) in [4.78, 5) is 14.2. The van der Waals surface area contributed by atoms with Crippen LogP contribution in [0.15, 0.2) is 42.6 Å². The molecule has 1 aromatic heterocycles. The van der Waals surface area contributed by atoms with Gasteiger partial charge in [-0.2, -0.15) is 5.10 Å². The number of aromatic nitrogens is 2. The van der Waals surface area contributed by atoms with Gasteiger partial charge in [-0.25, -0.2) is 12.7 Å². The topological polar surface area (TPSA) is 86.4 Å². The normalized spacial score (nSPS) is 18.7. The predicted molar refractivity (Wildman–Crippen MR) is 99.0 cm³/mol. The molecule has 8 heteroatoms. The van der Waals surface area contributed by atoms with Crippen LogP contribution in [0.25, 0.3) is 0 Å². The van der Waals surface area contributed by atoms with E-state index in [9.17, 15) is 13.2 Å². The summed E-state index contributed by atoms with van der Waals surface area (Å²) in [6.45, 7) is 1.16. The van der Waals surface area contributed by atoms with Gasteiger partial charge >= 0.3 is 0 Å². The molecular weight excluding hydrogens is 352 g/mol. The van der Waals surface area contributed by atoms with Crippen LogP contribution in [-0.2, 0) is 15.8 Å². The van der Waals surface area contributed by atoms with Gasteiger partial charge in [0.15, 0.2) is 0 Å². The van der Waals surface area contributed by atoms with Gasteiger partial charge in [-0.3, -0.25) is 9.89 Å². The second-order valence-corrected chi connectivity index (χ2v) is 8.63. The average Bonchev–Trinajstić information content (AvgIpc) is 3.06. The van der Waals surface area contributed by atoms with E-state index in [1.54, 1.807) is 24.2 Å². The highest BCUT2D eigenvalue weighted by Crippen LogP contribution is 2.21. The molecule has 3 rings (SSSR count). The quantitative estimate of drug-likeness (QED) is 0.863. The zero-order chi connectivity index (χ0) is 18.6. The smallest absolute Gasteiger partial charge is 0.271 e. The van der Waals surface area contributed by atoms with Gasteiger partial charge in [0.1, 0.15) is 5.69 Å². The van der Waals surface area contributed by atoms with Gasteiger partial charge in [0.25, 0.3) is 5.91 Å². The van der Waals surface area contributed by atoms with Crippen LogP contribution >= 0.6 is 0 Å². The molecule has 1 N–H and O–H groups in total. The van der Waals surface area contributed by atoms with Crippen molar-refractivity contribution in [2.75, 3.05) is 20.1 Å². The number of hydrogen-bond acceptors (Lipinski definition) is 4. The van der Waals surface area contributed by atoms with E-state index in [4.69, 9.17) is 0 Å². The zero-order valence-corrected chi connectivity index (χ0v) is 15.7. The van der Waals surface area contributed by atoms with Gasteiger partial charge in [0.2, 0.25) is 10.0 Å². The first-order chi connectivity index (χ1) is 12.5. The van der Waals surface area contributed by atoms with Crippen LogP contribution in [0.2, 0.25) is 0 Å². The molecule has 0 radical (unpaired) electrons. The van der Waals surface area contributed by atoms with Crippen molar-refractivity contribution in [1.82, 2.24) is 19.4 Å². The third-order valence-corrected chi connectivity index (χ3v) is 6.73.